The number of aryl methyl sites for hydroxylation is 2. The highest BCUT2D eigenvalue weighted by molar-refractivity contribution is 5.82. The van der Waals surface area contributed by atoms with Crippen molar-refractivity contribution in [3.05, 3.63) is 48.0 Å². The van der Waals surface area contributed by atoms with Crippen LogP contribution in [0.2, 0.25) is 0 Å². The highest BCUT2D eigenvalue weighted by Gasteiger charge is 2.08. The first-order valence-corrected chi connectivity index (χ1v) is 5.79. The third-order valence-corrected chi connectivity index (χ3v) is 2.77. The number of para-hydroxylation sites is 1. The van der Waals surface area contributed by atoms with Crippen molar-refractivity contribution in [1.82, 2.24) is 15.0 Å². The fourth-order valence-corrected chi connectivity index (χ4v) is 1.91. The Hall–Kier alpha value is -2.36. The molecule has 3 aromatic rings. The highest BCUT2D eigenvalue weighted by atomic mass is 16.5. The van der Waals surface area contributed by atoms with Crippen molar-refractivity contribution in [2.75, 3.05) is 0 Å². The van der Waals surface area contributed by atoms with E-state index in [1.54, 1.807) is 6.20 Å². The molecule has 18 heavy (non-hydrogen) atoms. The van der Waals surface area contributed by atoms with Crippen molar-refractivity contribution in [2.24, 2.45) is 0 Å². The van der Waals surface area contributed by atoms with Gasteiger partial charge in [-0.1, -0.05) is 6.07 Å². The van der Waals surface area contributed by atoms with Gasteiger partial charge in [-0.3, -0.25) is 4.98 Å². The van der Waals surface area contributed by atoms with Gasteiger partial charge in [0, 0.05) is 6.20 Å². The van der Waals surface area contributed by atoms with Crippen LogP contribution in [-0.2, 0) is 0 Å². The van der Waals surface area contributed by atoms with Crippen molar-refractivity contribution in [1.29, 1.82) is 0 Å². The van der Waals surface area contributed by atoms with Crippen LogP contribution in [0, 0.1) is 13.8 Å². The predicted octanol–water partition coefficient (Wildman–Crippen LogP) is 3.37. The van der Waals surface area contributed by atoms with Crippen LogP contribution in [0.5, 0.6) is 11.5 Å². The Labute approximate surface area is 105 Å². The smallest absolute Gasteiger partial charge is 0.155 e. The summed E-state index contributed by atoms with van der Waals surface area (Å²) in [5, 5.41) is 0. The SMILES string of the molecule is Cc1nc2c(Oc3cccnc3C)cccc2[nH]1. The summed E-state index contributed by atoms with van der Waals surface area (Å²) in [5.74, 6) is 2.38. The maximum absolute atomic E-state index is 5.89. The summed E-state index contributed by atoms with van der Waals surface area (Å²) in [6.45, 7) is 3.85. The van der Waals surface area contributed by atoms with Crippen molar-refractivity contribution in [3.8, 4) is 11.5 Å². The molecule has 0 aliphatic heterocycles. The van der Waals surface area contributed by atoms with Gasteiger partial charge in [0.15, 0.2) is 5.75 Å². The molecule has 4 heteroatoms. The van der Waals surface area contributed by atoms with Crippen molar-refractivity contribution < 1.29 is 4.74 Å². The number of benzene rings is 1. The van der Waals surface area contributed by atoms with Gasteiger partial charge in [0.1, 0.15) is 17.1 Å². The first-order chi connectivity index (χ1) is 8.74. The number of fused-ring (bicyclic) bond motifs is 1. The third-order valence-electron chi connectivity index (χ3n) is 2.77. The molecule has 0 aliphatic rings. The monoisotopic (exact) mass is 239 g/mol. The second-order valence-corrected chi connectivity index (χ2v) is 4.16. The topological polar surface area (TPSA) is 50.8 Å². The number of hydrogen-bond acceptors (Lipinski definition) is 3. The van der Waals surface area contributed by atoms with E-state index in [1.165, 1.54) is 0 Å². The number of aromatic nitrogens is 3. The number of ether oxygens (including phenoxy) is 1. The normalized spacial score (nSPS) is 10.8. The molecule has 0 radical (unpaired) electrons. The standard InChI is InChI=1S/C14H13N3O/c1-9-12(7-4-8-15-9)18-13-6-3-5-11-14(13)17-10(2)16-11/h3-8H,1-2H3,(H,16,17). The van der Waals surface area contributed by atoms with Crippen LogP contribution < -0.4 is 4.74 Å². The summed E-state index contributed by atoms with van der Waals surface area (Å²) in [6.07, 6.45) is 1.75. The molecule has 2 heterocycles. The lowest BCUT2D eigenvalue weighted by atomic mass is 10.3. The Morgan fingerprint density at radius 2 is 1.89 bits per heavy atom. The molecule has 90 valence electrons. The Balaban J connectivity index is 2.07. The summed E-state index contributed by atoms with van der Waals surface area (Å²) >= 11 is 0. The van der Waals surface area contributed by atoms with Crippen LogP contribution in [0.1, 0.15) is 11.5 Å². The van der Waals surface area contributed by atoms with Gasteiger partial charge >= 0.3 is 0 Å². The zero-order valence-corrected chi connectivity index (χ0v) is 10.3. The van der Waals surface area contributed by atoms with Crippen molar-refractivity contribution in [3.63, 3.8) is 0 Å². The largest absolute Gasteiger partial charge is 0.453 e. The number of rotatable bonds is 2. The minimum atomic E-state index is 0.743. The summed E-state index contributed by atoms with van der Waals surface area (Å²) in [7, 11) is 0. The van der Waals surface area contributed by atoms with Crippen LogP contribution in [0.15, 0.2) is 36.5 Å². The average Bonchev–Trinajstić information content (AvgIpc) is 2.73. The average molecular weight is 239 g/mol. The lowest BCUT2D eigenvalue weighted by molar-refractivity contribution is 0.480. The molecule has 0 saturated heterocycles. The Morgan fingerprint density at radius 3 is 2.72 bits per heavy atom. The molecule has 3 rings (SSSR count). The van der Waals surface area contributed by atoms with Gasteiger partial charge in [0.25, 0.3) is 0 Å². The van der Waals surface area contributed by atoms with E-state index < -0.39 is 0 Å². The van der Waals surface area contributed by atoms with Gasteiger partial charge < -0.3 is 9.72 Å². The van der Waals surface area contributed by atoms with E-state index in [1.807, 2.05) is 44.2 Å². The molecule has 0 amide bonds. The minimum Gasteiger partial charge on any atom is -0.453 e. The van der Waals surface area contributed by atoms with Crippen LogP contribution in [0.3, 0.4) is 0 Å². The van der Waals surface area contributed by atoms with Crippen LogP contribution in [0.25, 0.3) is 11.0 Å². The molecule has 0 atom stereocenters. The molecule has 0 bridgehead atoms. The van der Waals surface area contributed by atoms with Crippen LogP contribution >= 0.6 is 0 Å². The molecule has 4 nitrogen and oxygen atoms in total. The van der Waals surface area contributed by atoms with E-state index >= 15 is 0 Å². The molecule has 0 saturated carbocycles. The maximum Gasteiger partial charge on any atom is 0.155 e. The lowest BCUT2D eigenvalue weighted by Gasteiger charge is -2.07. The van der Waals surface area contributed by atoms with Gasteiger partial charge in [-0.15, -0.1) is 0 Å². The first kappa shape index (κ1) is 10.8. The Bertz CT molecular complexity index is 703. The first-order valence-electron chi connectivity index (χ1n) is 5.79. The molecule has 2 aromatic heterocycles. The van der Waals surface area contributed by atoms with E-state index in [-0.39, 0.29) is 0 Å². The van der Waals surface area contributed by atoms with Gasteiger partial charge in [-0.25, -0.2) is 4.98 Å². The van der Waals surface area contributed by atoms with Crippen LogP contribution in [-0.4, -0.2) is 15.0 Å². The number of hydrogen-bond donors (Lipinski definition) is 1. The number of imidazole rings is 1. The predicted molar refractivity (Wildman–Crippen MR) is 69.9 cm³/mol. The second-order valence-electron chi connectivity index (χ2n) is 4.16. The third kappa shape index (κ3) is 1.82. The summed E-state index contributed by atoms with van der Waals surface area (Å²) < 4.78 is 5.89. The van der Waals surface area contributed by atoms with E-state index in [9.17, 15) is 0 Å². The lowest BCUT2D eigenvalue weighted by Crippen LogP contribution is -1.90. The van der Waals surface area contributed by atoms with E-state index in [0.717, 1.165) is 34.1 Å². The van der Waals surface area contributed by atoms with E-state index in [4.69, 9.17) is 4.74 Å². The van der Waals surface area contributed by atoms with Gasteiger partial charge in [-0.2, -0.15) is 0 Å². The zero-order chi connectivity index (χ0) is 12.5. The Kier molecular flexibility index (Phi) is 2.48. The second kappa shape index (κ2) is 4.14. The van der Waals surface area contributed by atoms with Gasteiger partial charge in [0.2, 0.25) is 0 Å². The van der Waals surface area contributed by atoms with Crippen molar-refractivity contribution >= 4 is 11.0 Å². The van der Waals surface area contributed by atoms with Gasteiger partial charge in [0.05, 0.1) is 11.2 Å². The fourth-order valence-electron chi connectivity index (χ4n) is 1.91. The fraction of sp³-hybridized carbons (Fsp3) is 0.143. The highest BCUT2D eigenvalue weighted by Crippen LogP contribution is 2.29. The van der Waals surface area contributed by atoms with E-state index in [0.29, 0.717) is 0 Å². The molecule has 0 fully saturated rings. The molecular weight excluding hydrogens is 226 g/mol. The summed E-state index contributed by atoms with van der Waals surface area (Å²) in [5.41, 5.74) is 2.69. The number of pyridine rings is 1. The minimum absolute atomic E-state index is 0.743. The molecule has 1 N–H and O–H groups in total. The number of H-pyrrole nitrogens is 1. The molecule has 0 unspecified atom stereocenters. The number of nitrogens with zero attached hydrogens (tertiary/aromatic N) is 2. The summed E-state index contributed by atoms with van der Waals surface area (Å²) in [6, 6.07) is 9.60. The van der Waals surface area contributed by atoms with Gasteiger partial charge in [-0.05, 0) is 38.1 Å². The van der Waals surface area contributed by atoms with Crippen molar-refractivity contribution in [2.45, 2.75) is 13.8 Å². The Morgan fingerprint density at radius 1 is 1.06 bits per heavy atom. The number of aromatic amines is 1. The molecule has 0 aliphatic carbocycles. The quantitative estimate of drug-likeness (QED) is 0.746. The molecule has 1 aromatic carbocycles. The van der Waals surface area contributed by atoms with E-state index in [2.05, 4.69) is 15.0 Å². The maximum atomic E-state index is 5.89. The zero-order valence-electron chi connectivity index (χ0n) is 10.3. The summed E-state index contributed by atoms with van der Waals surface area (Å²) in [4.78, 5) is 11.8. The molecular formula is C14H13N3O. The van der Waals surface area contributed by atoms with Crippen LogP contribution in [0.4, 0.5) is 0 Å². The molecule has 0 spiro atoms. The number of nitrogens with one attached hydrogen (secondary N) is 1.